The van der Waals surface area contributed by atoms with E-state index in [4.69, 9.17) is 4.74 Å². The van der Waals surface area contributed by atoms with Crippen molar-refractivity contribution in [1.29, 1.82) is 0 Å². The van der Waals surface area contributed by atoms with Gasteiger partial charge in [-0.3, -0.25) is 14.3 Å². The van der Waals surface area contributed by atoms with Crippen LogP contribution in [0.4, 0.5) is 5.82 Å². The Balaban J connectivity index is 1.65. The number of amides is 1. The Morgan fingerprint density at radius 1 is 1.22 bits per heavy atom. The highest BCUT2D eigenvalue weighted by atomic mass is 16.5. The van der Waals surface area contributed by atoms with Crippen LogP contribution in [0, 0.1) is 6.92 Å². The van der Waals surface area contributed by atoms with Crippen LogP contribution < -0.4 is 15.3 Å². The predicted octanol–water partition coefficient (Wildman–Crippen LogP) is 4.70. The zero-order valence-corrected chi connectivity index (χ0v) is 23.7. The number of piperazine rings is 1. The van der Waals surface area contributed by atoms with E-state index < -0.39 is 5.69 Å². The van der Waals surface area contributed by atoms with Crippen molar-refractivity contribution in [3.8, 4) is 28.3 Å². The summed E-state index contributed by atoms with van der Waals surface area (Å²) in [4.78, 5) is 39.5. The van der Waals surface area contributed by atoms with E-state index in [-0.39, 0.29) is 23.6 Å². The minimum atomic E-state index is -0.420. The predicted molar refractivity (Wildman–Crippen MR) is 159 cm³/mol. The number of aromatic nitrogens is 3. The van der Waals surface area contributed by atoms with Crippen molar-refractivity contribution < 1.29 is 14.6 Å². The first kappa shape index (κ1) is 26.6. The third-order valence-electron chi connectivity index (χ3n) is 8.06. The molecule has 1 atom stereocenters. The van der Waals surface area contributed by atoms with Crippen LogP contribution in [-0.4, -0.2) is 56.1 Å². The van der Waals surface area contributed by atoms with Gasteiger partial charge in [-0.2, -0.15) is 4.98 Å². The number of carbonyl (C=O) groups is 1. The number of ether oxygens (including phenoxy) is 1. The van der Waals surface area contributed by atoms with Gasteiger partial charge in [-0.15, -0.1) is 0 Å². The van der Waals surface area contributed by atoms with E-state index in [1.54, 1.807) is 27.8 Å². The number of phenols is 1. The SMILES string of the molecule is C=CC(=O)N1CCN(c2nc(=O)n(-c3c(C)ccnc3C(C)C)c3cc4c(cc23)OCc2cccc(O)c2-4)[C@@H](C)C1. The van der Waals surface area contributed by atoms with Crippen LogP contribution in [-0.2, 0) is 11.4 Å². The van der Waals surface area contributed by atoms with E-state index >= 15 is 0 Å². The molecule has 210 valence electrons. The van der Waals surface area contributed by atoms with Gasteiger partial charge >= 0.3 is 5.69 Å². The van der Waals surface area contributed by atoms with Crippen molar-refractivity contribution in [1.82, 2.24) is 19.4 Å². The van der Waals surface area contributed by atoms with Crippen LogP contribution in [0.3, 0.4) is 0 Å². The van der Waals surface area contributed by atoms with Crippen molar-refractivity contribution in [2.45, 2.75) is 46.3 Å². The van der Waals surface area contributed by atoms with Gasteiger partial charge in [0.1, 0.15) is 23.9 Å². The van der Waals surface area contributed by atoms with E-state index in [2.05, 4.69) is 35.3 Å². The molecule has 2 aliphatic heterocycles. The van der Waals surface area contributed by atoms with Gasteiger partial charge in [-0.05, 0) is 55.7 Å². The molecule has 1 saturated heterocycles. The van der Waals surface area contributed by atoms with E-state index in [0.717, 1.165) is 22.2 Å². The fraction of sp³-hybridized carbons (Fsp3) is 0.312. The normalized spacial score (nSPS) is 16.4. The molecule has 0 radical (unpaired) electrons. The molecule has 2 aromatic heterocycles. The Hall–Kier alpha value is -4.66. The van der Waals surface area contributed by atoms with Gasteiger partial charge in [-0.25, -0.2) is 4.79 Å². The summed E-state index contributed by atoms with van der Waals surface area (Å²) in [5.41, 5.74) is 4.92. The van der Waals surface area contributed by atoms with Crippen LogP contribution in [0.15, 0.2) is 60.0 Å². The lowest BCUT2D eigenvalue weighted by Gasteiger charge is -2.40. The summed E-state index contributed by atoms with van der Waals surface area (Å²) in [5.74, 6) is 1.26. The second kappa shape index (κ2) is 10.1. The van der Waals surface area contributed by atoms with E-state index in [1.807, 2.05) is 38.1 Å². The zero-order chi connectivity index (χ0) is 29.0. The van der Waals surface area contributed by atoms with Gasteiger partial charge in [-0.1, -0.05) is 32.6 Å². The Morgan fingerprint density at radius 2 is 2.02 bits per heavy atom. The summed E-state index contributed by atoms with van der Waals surface area (Å²) in [6, 6.07) is 11.0. The van der Waals surface area contributed by atoms with Gasteiger partial charge < -0.3 is 19.6 Å². The van der Waals surface area contributed by atoms with Gasteiger partial charge in [0.25, 0.3) is 0 Å². The summed E-state index contributed by atoms with van der Waals surface area (Å²) in [5, 5.41) is 11.6. The highest BCUT2D eigenvalue weighted by Crippen LogP contribution is 2.45. The van der Waals surface area contributed by atoms with Crippen molar-refractivity contribution >= 4 is 22.6 Å². The summed E-state index contributed by atoms with van der Waals surface area (Å²) >= 11 is 0. The second-order valence-corrected chi connectivity index (χ2v) is 11.1. The van der Waals surface area contributed by atoms with Crippen LogP contribution in [0.1, 0.15) is 43.5 Å². The molecule has 6 rings (SSSR count). The van der Waals surface area contributed by atoms with Gasteiger partial charge in [0.15, 0.2) is 0 Å². The van der Waals surface area contributed by atoms with Crippen molar-refractivity contribution in [2.75, 3.05) is 24.5 Å². The maximum atomic E-state index is 14.1. The minimum absolute atomic E-state index is 0.0627. The third-order valence-corrected chi connectivity index (χ3v) is 8.06. The number of phenolic OH excluding ortho intramolecular Hbond substituents is 1. The molecule has 41 heavy (non-hydrogen) atoms. The lowest BCUT2D eigenvalue weighted by atomic mass is 9.94. The Morgan fingerprint density at radius 3 is 2.76 bits per heavy atom. The number of hydrogen-bond acceptors (Lipinski definition) is 7. The fourth-order valence-corrected chi connectivity index (χ4v) is 6.05. The lowest BCUT2D eigenvalue weighted by molar-refractivity contribution is -0.126. The number of fused-ring (bicyclic) bond motifs is 4. The van der Waals surface area contributed by atoms with Crippen molar-refractivity contribution in [2.24, 2.45) is 0 Å². The number of aromatic hydroxyl groups is 1. The smallest absolute Gasteiger partial charge is 0.354 e. The van der Waals surface area contributed by atoms with E-state index in [1.165, 1.54) is 6.08 Å². The number of carbonyl (C=O) groups excluding carboxylic acids is 1. The number of nitrogens with zero attached hydrogens (tertiary/aromatic N) is 5. The largest absolute Gasteiger partial charge is 0.507 e. The molecule has 0 aliphatic carbocycles. The molecular weight excluding hydrogens is 518 g/mol. The zero-order valence-electron chi connectivity index (χ0n) is 23.7. The number of aryl methyl sites for hydroxylation is 1. The number of benzene rings is 2. The number of pyridine rings is 1. The molecule has 4 aromatic rings. The summed E-state index contributed by atoms with van der Waals surface area (Å²) in [6.45, 7) is 13.5. The number of anilines is 1. The second-order valence-electron chi connectivity index (χ2n) is 11.1. The van der Waals surface area contributed by atoms with Crippen molar-refractivity contribution in [3.63, 3.8) is 0 Å². The number of rotatable bonds is 4. The Labute approximate surface area is 238 Å². The van der Waals surface area contributed by atoms with Crippen LogP contribution in [0.5, 0.6) is 11.5 Å². The lowest BCUT2D eigenvalue weighted by Crippen LogP contribution is -2.54. The Kier molecular flexibility index (Phi) is 6.52. The molecule has 0 unspecified atom stereocenters. The monoisotopic (exact) mass is 551 g/mol. The summed E-state index contributed by atoms with van der Waals surface area (Å²) in [6.07, 6.45) is 3.09. The average molecular weight is 552 g/mol. The standard InChI is InChI=1S/C32H33N5O4/c1-6-27(39)35-12-13-36(20(5)16-35)31-22-15-26-23(28-21(17-41-26)8-7-9-25(28)38)14-24(22)37(32(40)34-31)30-19(4)10-11-33-29(30)18(2)3/h6-11,14-15,18,20,38H,1,12-13,16-17H2,2-5H3/t20-/m0/s1. The molecule has 0 spiro atoms. The molecule has 2 aliphatic rings. The fourth-order valence-electron chi connectivity index (χ4n) is 6.05. The molecule has 9 nitrogen and oxygen atoms in total. The topological polar surface area (TPSA) is 101 Å². The molecule has 1 amide bonds. The molecule has 1 N–H and O–H groups in total. The quantitative estimate of drug-likeness (QED) is 0.367. The average Bonchev–Trinajstić information content (AvgIpc) is 2.95. The molecule has 2 aromatic carbocycles. The number of hydrogen-bond donors (Lipinski definition) is 1. The van der Waals surface area contributed by atoms with Gasteiger partial charge in [0.05, 0.1) is 16.9 Å². The first-order valence-corrected chi connectivity index (χ1v) is 13.9. The summed E-state index contributed by atoms with van der Waals surface area (Å²) < 4.78 is 7.83. The molecule has 0 saturated carbocycles. The highest BCUT2D eigenvalue weighted by Gasteiger charge is 2.31. The first-order chi connectivity index (χ1) is 19.7. The first-order valence-electron chi connectivity index (χ1n) is 13.9. The highest BCUT2D eigenvalue weighted by molar-refractivity contribution is 5.98. The molecule has 0 bridgehead atoms. The van der Waals surface area contributed by atoms with Gasteiger partial charge in [0, 0.05) is 53.9 Å². The third kappa shape index (κ3) is 4.32. The summed E-state index contributed by atoms with van der Waals surface area (Å²) in [7, 11) is 0. The molecular formula is C32H33N5O4. The van der Waals surface area contributed by atoms with Crippen molar-refractivity contribution in [3.05, 3.63) is 82.6 Å². The molecule has 9 heteroatoms. The Bertz CT molecular complexity index is 1780. The molecule has 1 fully saturated rings. The maximum absolute atomic E-state index is 14.1. The van der Waals surface area contributed by atoms with Crippen LogP contribution in [0.2, 0.25) is 0 Å². The van der Waals surface area contributed by atoms with Gasteiger partial charge in [0.2, 0.25) is 5.91 Å². The van der Waals surface area contributed by atoms with Crippen LogP contribution >= 0.6 is 0 Å². The minimum Gasteiger partial charge on any atom is -0.507 e. The molecule has 4 heterocycles. The van der Waals surface area contributed by atoms with E-state index in [9.17, 15) is 14.7 Å². The maximum Gasteiger partial charge on any atom is 0.354 e. The van der Waals surface area contributed by atoms with E-state index in [0.29, 0.717) is 60.1 Å². The van der Waals surface area contributed by atoms with Crippen LogP contribution in [0.25, 0.3) is 27.7 Å².